The molecule has 0 rings (SSSR count). The van der Waals surface area contributed by atoms with E-state index in [2.05, 4.69) is 0 Å². The molecule has 0 aliphatic heterocycles. The third-order valence-electron chi connectivity index (χ3n) is 0. The second-order valence-corrected chi connectivity index (χ2v) is 0. The minimum Gasteiger partial charge on any atom is -0.269 e. The summed E-state index contributed by atoms with van der Waals surface area (Å²) in [5, 5.41) is 0. The minimum atomic E-state index is 0. The van der Waals surface area contributed by atoms with Crippen molar-refractivity contribution in [3.8, 4) is 0 Å². The third-order valence-corrected chi connectivity index (χ3v) is 0. The van der Waals surface area contributed by atoms with Crippen molar-refractivity contribution < 1.29 is 71.8 Å². The summed E-state index contributed by atoms with van der Waals surface area (Å²) in [5.74, 6) is 0. The molecule has 10 heteroatoms. The van der Waals surface area contributed by atoms with E-state index >= 15 is 0 Å². The maximum Gasteiger partial charge on any atom is 0 e. The van der Waals surface area contributed by atoms with Gasteiger partial charge in [0, 0.05) is 34.1 Å². The van der Waals surface area contributed by atoms with Gasteiger partial charge in [-0.05, 0) is 0 Å². The molecule has 0 nitrogen and oxygen atoms in total. The molecule has 0 saturated carbocycles. The van der Waals surface area contributed by atoms with Gasteiger partial charge in [-0.15, -0.1) is 0 Å². The van der Waals surface area contributed by atoms with Gasteiger partial charge >= 0.3 is 0 Å². The second kappa shape index (κ2) is 2970. The molecule has 0 atom stereocenters. The monoisotopic (exact) mass is 270 g/mol. The smallest absolute Gasteiger partial charge is 0 e. The third kappa shape index (κ3) is 2070. The molecule has 0 aliphatic rings. The van der Waals surface area contributed by atoms with Crippen LogP contribution >= 0.6 is 0 Å². The Kier molecular flexibility index (Phi) is 1220000. The Balaban J connectivity index is 0. The summed E-state index contributed by atoms with van der Waals surface area (Å²) in [4.78, 5) is 0. The van der Waals surface area contributed by atoms with Crippen LogP contribution in [0.2, 0.25) is 0 Å². The van der Waals surface area contributed by atoms with Gasteiger partial charge in [-0.25, -0.2) is 0 Å². The van der Waals surface area contributed by atoms with E-state index in [1.165, 1.54) is 0 Å². The molecule has 0 aliphatic carbocycles. The molecule has 0 amide bonds. The van der Waals surface area contributed by atoms with E-state index in [0.29, 0.717) is 0 Å². The first-order valence-corrected chi connectivity index (χ1v) is 0. The summed E-state index contributed by atoms with van der Waals surface area (Å²) in [6, 6.07) is 0. The Morgan fingerprint density at radius 3 is 0.200 bits per heavy atom. The average Bonchev–Trinajstić information content (AvgIpc) is 0. The van der Waals surface area contributed by atoms with Gasteiger partial charge in [-0.2, -0.15) is 0 Å². The summed E-state index contributed by atoms with van der Waals surface area (Å²) in [5.41, 5.74) is 0. The maximum atomic E-state index is 0. The molecule has 10 heavy (non-hydrogen) atoms. The molecule has 2 radical (unpaired) electrons. The van der Waals surface area contributed by atoms with Gasteiger partial charge in [-0.1, -0.05) is 0 Å². The van der Waals surface area contributed by atoms with Crippen LogP contribution in [-0.4, -0.2) is 0 Å². The molecule has 0 aromatic rings. The fourth-order valence-corrected chi connectivity index (χ4v) is 0. The first kappa shape index (κ1) is 4100. The Labute approximate surface area is 72.4 Å². The molecular formula is H8F8Mn2. The molecular weight excluding hydrogens is 262 g/mol. The molecule has 0 heterocycles. The summed E-state index contributed by atoms with van der Waals surface area (Å²) >= 11 is 0. The zero-order valence-corrected chi connectivity index (χ0v) is 6.38. The molecule has 0 unspecified atom stereocenters. The van der Waals surface area contributed by atoms with Gasteiger partial charge in [0.05, 0.1) is 0 Å². The topological polar surface area (TPSA) is 0 Å². The molecule has 0 bridgehead atoms. The molecule has 0 spiro atoms. The van der Waals surface area contributed by atoms with Crippen LogP contribution in [-0.2, 0) is 34.1 Å². The second-order valence-electron chi connectivity index (χ2n) is 0. The van der Waals surface area contributed by atoms with Crippen molar-refractivity contribution in [1.82, 2.24) is 0 Å². The van der Waals surface area contributed by atoms with Crippen molar-refractivity contribution in [1.29, 1.82) is 0 Å². The molecule has 0 aromatic carbocycles. The van der Waals surface area contributed by atoms with E-state index in [1.54, 1.807) is 0 Å². The minimum absolute atomic E-state index is 0. The van der Waals surface area contributed by atoms with Crippen LogP contribution in [0.3, 0.4) is 0 Å². The van der Waals surface area contributed by atoms with Crippen molar-refractivity contribution in [3.05, 3.63) is 0 Å². The Morgan fingerprint density at radius 1 is 0.200 bits per heavy atom. The fraction of sp³-hybridized carbons (Fsp3) is 0. The average molecular weight is 270 g/mol. The van der Waals surface area contributed by atoms with Crippen LogP contribution in [0.15, 0.2) is 0 Å². The van der Waals surface area contributed by atoms with Crippen LogP contribution in [0.1, 0.15) is 0 Å². The molecule has 78 valence electrons. The number of halogens is 8. The van der Waals surface area contributed by atoms with Gasteiger partial charge < -0.3 is 0 Å². The zero-order chi connectivity index (χ0) is 0. The largest absolute Gasteiger partial charge is 0.269 e. The maximum absolute atomic E-state index is 0. The first-order chi connectivity index (χ1) is 0. The van der Waals surface area contributed by atoms with Gasteiger partial charge in [0.25, 0.3) is 0 Å². The molecule has 0 N–H and O–H groups in total. The van der Waals surface area contributed by atoms with E-state index in [4.69, 9.17) is 0 Å². The number of hydrogen-bond acceptors (Lipinski definition) is 0. The first-order valence-electron chi connectivity index (χ1n) is 0. The van der Waals surface area contributed by atoms with Gasteiger partial charge in [0.1, 0.15) is 0 Å². The van der Waals surface area contributed by atoms with Crippen molar-refractivity contribution in [3.63, 3.8) is 0 Å². The van der Waals surface area contributed by atoms with E-state index < -0.39 is 0 Å². The Hall–Kier alpha value is 0.479. The van der Waals surface area contributed by atoms with Crippen LogP contribution in [0, 0.1) is 0 Å². The van der Waals surface area contributed by atoms with Crippen molar-refractivity contribution in [2.75, 3.05) is 0 Å². The van der Waals surface area contributed by atoms with Gasteiger partial charge in [-0.3, -0.25) is 37.6 Å². The van der Waals surface area contributed by atoms with E-state index in [-0.39, 0.29) is 71.8 Å². The number of rotatable bonds is 0. The van der Waals surface area contributed by atoms with Crippen molar-refractivity contribution in [2.24, 2.45) is 0 Å². The van der Waals surface area contributed by atoms with E-state index in [9.17, 15) is 0 Å². The normalized spacial score (nSPS) is 0. The summed E-state index contributed by atoms with van der Waals surface area (Å²) in [7, 11) is 0. The van der Waals surface area contributed by atoms with E-state index in [0.717, 1.165) is 0 Å². The fourth-order valence-electron chi connectivity index (χ4n) is 0. The van der Waals surface area contributed by atoms with Crippen LogP contribution in [0.5, 0.6) is 0 Å². The Bertz CT molecular complexity index is 7.22. The standard InChI is InChI=1S/8FH.2Mn/h8*1H;;. The molecule has 0 saturated heterocycles. The predicted molar refractivity (Wildman–Crippen MR) is 20.0 cm³/mol. The SMILES string of the molecule is F.F.F.F.F.F.F.F.[Mn].[Mn]. The molecule has 0 fully saturated rings. The van der Waals surface area contributed by atoms with Crippen LogP contribution in [0.4, 0.5) is 37.6 Å². The predicted octanol–water partition coefficient (Wildman–Crippen LogP) is 1.21. The van der Waals surface area contributed by atoms with Gasteiger partial charge in [0.2, 0.25) is 0 Å². The quantitative estimate of drug-likeness (QED) is 0.458. The Morgan fingerprint density at radius 2 is 0.200 bits per heavy atom. The van der Waals surface area contributed by atoms with E-state index in [1.807, 2.05) is 0 Å². The van der Waals surface area contributed by atoms with Crippen LogP contribution in [0.25, 0.3) is 0 Å². The van der Waals surface area contributed by atoms with Gasteiger partial charge in [0.15, 0.2) is 0 Å². The molecule has 0 aromatic heterocycles. The van der Waals surface area contributed by atoms with Crippen molar-refractivity contribution in [2.45, 2.75) is 0 Å². The number of hydrogen-bond donors (Lipinski definition) is 0. The van der Waals surface area contributed by atoms with Crippen LogP contribution < -0.4 is 0 Å². The summed E-state index contributed by atoms with van der Waals surface area (Å²) < 4.78 is 0. The zero-order valence-electron chi connectivity index (χ0n) is 4.02. The van der Waals surface area contributed by atoms with Crippen molar-refractivity contribution >= 4 is 0 Å². The summed E-state index contributed by atoms with van der Waals surface area (Å²) in [6.07, 6.45) is 0. The summed E-state index contributed by atoms with van der Waals surface area (Å²) in [6.45, 7) is 0.